The Kier molecular flexibility index (Phi) is 35.3. The SMILES string of the molecule is CC(O)COC(C)COC(C)COC(C)COC(C)CO.COCCOCCOCCOCCOCCOCCO. The molecule has 3 N–H and O–H groups in total. The van der Waals surface area contributed by atoms with Gasteiger partial charge in [-0.3, -0.25) is 0 Å². The highest BCUT2D eigenvalue weighted by Gasteiger charge is 2.11. The average Bonchev–Trinajstić information content (AvgIpc) is 2.96. The molecule has 5 unspecified atom stereocenters. The van der Waals surface area contributed by atoms with Gasteiger partial charge >= 0.3 is 0 Å². The van der Waals surface area contributed by atoms with Crippen LogP contribution in [0.5, 0.6) is 0 Å². The van der Waals surface area contributed by atoms with E-state index in [4.69, 9.17) is 62.7 Å². The monoisotopic (exact) mass is 604 g/mol. The van der Waals surface area contributed by atoms with E-state index in [0.717, 1.165) is 0 Å². The molecular formula is C28H60O13. The summed E-state index contributed by atoms with van der Waals surface area (Å²) < 4.78 is 53.0. The summed E-state index contributed by atoms with van der Waals surface area (Å²) in [5, 5.41) is 26.4. The lowest BCUT2D eigenvalue weighted by Crippen LogP contribution is -2.28. The molecule has 0 aromatic carbocycles. The van der Waals surface area contributed by atoms with Gasteiger partial charge in [0.25, 0.3) is 0 Å². The van der Waals surface area contributed by atoms with Crippen LogP contribution in [-0.4, -0.2) is 165 Å². The molecule has 13 heteroatoms. The maximum absolute atomic E-state index is 9.12. The van der Waals surface area contributed by atoms with E-state index in [9.17, 15) is 0 Å². The first-order chi connectivity index (χ1) is 19.8. The lowest BCUT2D eigenvalue weighted by molar-refractivity contribution is -0.0936. The Morgan fingerprint density at radius 3 is 1.07 bits per heavy atom. The number of hydrogen-bond donors (Lipinski definition) is 3. The van der Waals surface area contributed by atoms with Crippen molar-refractivity contribution in [2.75, 3.05) is 119 Å². The molecule has 0 saturated heterocycles. The zero-order valence-corrected chi connectivity index (χ0v) is 26.3. The first-order valence-corrected chi connectivity index (χ1v) is 14.5. The summed E-state index contributed by atoms with van der Waals surface area (Å²) in [6.45, 7) is 16.9. The molecule has 41 heavy (non-hydrogen) atoms. The van der Waals surface area contributed by atoms with Gasteiger partial charge in [-0.05, 0) is 34.6 Å². The number of hydrogen-bond acceptors (Lipinski definition) is 13. The van der Waals surface area contributed by atoms with Crippen molar-refractivity contribution in [1.29, 1.82) is 0 Å². The van der Waals surface area contributed by atoms with Crippen LogP contribution in [0.4, 0.5) is 0 Å². The normalized spacial score (nSPS) is 15.1. The minimum atomic E-state index is -0.463. The largest absolute Gasteiger partial charge is 0.394 e. The lowest BCUT2D eigenvalue weighted by Gasteiger charge is -2.21. The van der Waals surface area contributed by atoms with Crippen molar-refractivity contribution in [3.63, 3.8) is 0 Å². The van der Waals surface area contributed by atoms with E-state index < -0.39 is 6.10 Å². The molecule has 0 amide bonds. The third-order valence-electron chi connectivity index (χ3n) is 4.88. The predicted molar refractivity (Wildman–Crippen MR) is 153 cm³/mol. The zero-order chi connectivity index (χ0) is 31.0. The Balaban J connectivity index is 0. The maximum Gasteiger partial charge on any atom is 0.0781 e. The fraction of sp³-hybridized carbons (Fsp3) is 1.00. The third kappa shape index (κ3) is 37.5. The van der Waals surface area contributed by atoms with Gasteiger partial charge < -0.3 is 62.7 Å². The van der Waals surface area contributed by atoms with Gasteiger partial charge in [-0.1, -0.05) is 0 Å². The van der Waals surface area contributed by atoms with Crippen molar-refractivity contribution in [3.05, 3.63) is 0 Å². The van der Waals surface area contributed by atoms with Crippen LogP contribution in [0.3, 0.4) is 0 Å². The molecular weight excluding hydrogens is 544 g/mol. The zero-order valence-electron chi connectivity index (χ0n) is 26.3. The van der Waals surface area contributed by atoms with Gasteiger partial charge in [-0.15, -0.1) is 0 Å². The molecule has 0 saturated carbocycles. The van der Waals surface area contributed by atoms with E-state index in [2.05, 4.69) is 0 Å². The summed E-state index contributed by atoms with van der Waals surface area (Å²) in [7, 11) is 1.64. The molecule has 250 valence electrons. The lowest BCUT2D eigenvalue weighted by atomic mass is 10.3. The highest BCUT2D eigenvalue weighted by molar-refractivity contribution is 4.57. The quantitative estimate of drug-likeness (QED) is 0.0987. The van der Waals surface area contributed by atoms with Crippen LogP contribution < -0.4 is 0 Å². The van der Waals surface area contributed by atoms with Crippen LogP contribution in [-0.2, 0) is 47.4 Å². The van der Waals surface area contributed by atoms with E-state index in [1.165, 1.54) is 0 Å². The summed E-state index contributed by atoms with van der Waals surface area (Å²) >= 11 is 0. The standard InChI is InChI=1S/C15H32O6.C13H28O7/c1-11(17)7-18-13(3)9-20-15(5)10-21-14(4)8-19-12(2)6-16;1-15-4-5-17-8-9-19-12-13-20-11-10-18-7-6-16-3-2-14/h11-17H,6-10H2,1-5H3;14H,2-13H2,1H3. The van der Waals surface area contributed by atoms with Crippen molar-refractivity contribution < 1.29 is 62.7 Å². The van der Waals surface area contributed by atoms with Crippen LogP contribution >= 0.6 is 0 Å². The molecule has 13 nitrogen and oxygen atoms in total. The smallest absolute Gasteiger partial charge is 0.0781 e. The Hall–Kier alpha value is -0.520. The summed E-state index contributed by atoms with van der Waals surface area (Å²) in [4.78, 5) is 0. The molecule has 0 bridgehead atoms. The molecule has 0 aromatic rings. The average molecular weight is 605 g/mol. The Morgan fingerprint density at radius 1 is 0.439 bits per heavy atom. The van der Waals surface area contributed by atoms with E-state index in [1.807, 2.05) is 27.7 Å². The molecule has 0 aromatic heterocycles. The fourth-order valence-corrected chi connectivity index (χ4v) is 2.59. The predicted octanol–water partition coefficient (Wildman–Crippen LogP) is 0.688. The summed E-state index contributed by atoms with van der Waals surface area (Å²) in [6.07, 6.45) is -0.783. The van der Waals surface area contributed by atoms with E-state index in [-0.39, 0.29) is 37.6 Å². The van der Waals surface area contributed by atoms with Gasteiger partial charge in [0, 0.05) is 7.11 Å². The molecule has 0 spiro atoms. The van der Waals surface area contributed by atoms with Crippen LogP contribution in [0.1, 0.15) is 34.6 Å². The highest BCUT2D eigenvalue weighted by atomic mass is 16.6. The summed E-state index contributed by atoms with van der Waals surface area (Å²) in [5.41, 5.74) is 0. The first-order valence-electron chi connectivity index (χ1n) is 14.5. The van der Waals surface area contributed by atoms with E-state index in [0.29, 0.717) is 99.1 Å². The molecule has 0 aliphatic rings. The second-order valence-electron chi connectivity index (χ2n) is 9.39. The second kappa shape index (κ2) is 34.0. The minimum absolute atomic E-state index is 0.0105. The third-order valence-corrected chi connectivity index (χ3v) is 4.88. The Bertz CT molecular complexity index is 470. The van der Waals surface area contributed by atoms with Crippen LogP contribution in [0.25, 0.3) is 0 Å². The van der Waals surface area contributed by atoms with Crippen molar-refractivity contribution in [1.82, 2.24) is 0 Å². The topological polar surface area (TPSA) is 153 Å². The first kappa shape index (κ1) is 42.6. The fourth-order valence-electron chi connectivity index (χ4n) is 2.59. The van der Waals surface area contributed by atoms with Gasteiger partial charge in [0.15, 0.2) is 0 Å². The summed E-state index contributed by atoms with van der Waals surface area (Å²) in [5.74, 6) is 0. The second-order valence-corrected chi connectivity index (χ2v) is 9.39. The van der Waals surface area contributed by atoms with Gasteiger partial charge in [-0.25, -0.2) is 0 Å². The van der Waals surface area contributed by atoms with Crippen LogP contribution in [0.2, 0.25) is 0 Å². The maximum atomic E-state index is 9.12. The van der Waals surface area contributed by atoms with Crippen molar-refractivity contribution in [2.24, 2.45) is 0 Å². The van der Waals surface area contributed by atoms with E-state index >= 15 is 0 Å². The number of aliphatic hydroxyl groups excluding tert-OH is 3. The van der Waals surface area contributed by atoms with Crippen LogP contribution in [0, 0.1) is 0 Å². The number of rotatable bonds is 30. The van der Waals surface area contributed by atoms with Gasteiger partial charge in [0.05, 0.1) is 143 Å². The van der Waals surface area contributed by atoms with E-state index in [1.54, 1.807) is 14.0 Å². The van der Waals surface area contributed by atoms with Gasteiger partial charge in [-0.2, -0.15) is 0 Å². The Morgan fingerprint density at radius 2 is 0.756 bits per heavy atom. The van der Waals surface area contributed by atoms with Crippen molar-refractivity contribution >= 4 is 0 Å². The molecule has 0 rings (SSSR count). The van der Waals surface area contributed by atoms with Crippen molar-refractivity contribution in [2.45, 2.75) is 65.1 Å². The van der Waals surface area contributed by atoms with Gasteiger partial charge in [0.1, 0.15) is 0 Å². The minimum Gasteiger partial charge on any atom is -0.394 e. The highest BCUT2D eigenvalue weighted by Crippen LogP contribution is 2.02. The Labute approximate surface area is 247 Å². The van der Waals surface area contributed by atoms with Crippen LogP contribution in [0.15, 0.2) is 0 Å². The number of aliphatic hydroxyl groups is 3. The molecule has 0 fully saturated rings. The molecule has 0 heterocycles. The molecule has 0 radical (unpaired) electrons. The number of methoxy groups -OCH3 is 1. The summed E-state index contributed by atoms with van der Waals surface area (Å²) in [6, 6.07) is 0. The number of ether oxygens (including phenoxy) is 10. The molecule has 5 atom stereocenters. The molecule has 0 aliphatic carbocycles. The molecule has 0 aliphatic heterocycles. The van der Waals surface area contributed by atoms with Crippen molar-refractivity contribution in [3.8, 4) is 0 Å². The van der Waals surface area contributed by atoms with Gasteiger partial charge in [0.2, 0.25) is 0 Å².